The van der Waals surface area contributed by atoms with Gasteiger partial charge in [-0.3, -0.25) is 14.9 Å². The molecule has 7 nitrogen and oxygen atoms in total. The van der Waals surface area contributed by atoms with Crippen LogP contribution in [-0.4, -0.2) is 30.0 Å². The maximum Gasteiger partial charge on any atom is 0.311 e. The number of nitro benzene ring substituents is 1. The minimum Gasteiger partial charge on any atom is -0.490 e. The van der Waals surface area contributed by atoms with Crippen LogP contribution in [0.4, 0.5) is 5.69 Å². The van der Waals surface area contributed by atoms with Gasteiger partial charge in [0.05, 0.1) is 23.1 Å². The molecule has 7 heteroatoms. The number of nitrogens with one attached hydrogen (secondary N) is 1. The maximum absolute atomic E-state index is 12.4. The number of hydrogen-bond acceptors (Lipinski definition) is 5. The van der Waals surface area contributed by atoms with E-state index in [-0.39, 0.29) is 17.0 Å². The molecule has 1 aromatic carbocycles. The Kier molecular flexibility index (Phi) is 4.13. The van der Waals surface area contributed by atoms with E-state index in [2.05, 4.69) is 5.32 Å². The van der Waals surface area contributed by atoms with Gasteiger partial charge in [-0.1, -0.05) is 6.07 Å². The summed E-state index contributed by atoms with van der Waals surface area (Å²) >= 11 is 0. The lowest BCUT2D eigenvalue weighted by atomic mass is 9.95. The van der Waals surface area contributed by atoms with Gasteiger partial charge in [-0.05, 0) is 31.7 Å². The van der Waals surface area contributed by atoms with Crippen molar-refractivity contribution in [3.63, 3.8) is 0 Å². The summed E-state index contributed by atoms with van der Waals surface area (Å²) in [7, 11) is 1.31. The fourth-order valence-corrected chi connectivity index (χ4v) is 2.43. The predicted octanol–water partition coefficient (Wildman–Crippen LogP) is 1.46. The number of para-hydroxylation sites is 1. The number of rotatable bonds is 6. The molecule has 1 unspecified atom stereocenters. The minimum atomic E-state index is -0.571. The summed E-state index contributed by atoms with van der Waals surface area (Å²) in [5.41, 5.74) is 5.19. The number of hydrogen-bond donors (Lipinski definition) is 2. The number of nitrogens with two attached hydrogens (primary N) is 1. The number of benzene rings is 1. The van der Waals surface area contributed by atoms with Crippen LogP contribution in [0.1, 0.15) is 30.1 Å². The van der Waals surface area contributed by atoms with Gasteiger partial charge in [0.1, 0.15) is 0 Å². The highest BCUT2D eigenvalue weighted by Gasteiger charge is 2.42. The molecule has 0 aromatic heterocycles. The lowest BCUT2D eigenvalue weighted by molar-refractivity contribution is -0.385. The first-order chi connectivity index (χ1) is 9.92. The minimum absolute atomic E-state index is 0.0323. The van der Waals surface area contributed by atoms with Crippen LogP contribution in [0.3, 0.4) is 0 Å². The van der Waals surface area contributed by atoms with E-state index in [9.17, 15) is 14.9 Å². The lowest BCUT2D eigenvalue weighted by Gasteiger charge is -2.29. The summed E-state index contributed by atoms with van der Waals surface area (Å²) < 4.78 is 5.05. The van der Waals surface area contributed by atoms with E-state index in [4.69, 9.17) is 10.5 Å². The van der Waals surface area contributed by atoms with Crippen LogP contribution < -0.4 is 15.8 Å². The van der Waals surface area contributed by atoms with Gasteiger partial charge < -0.3 is 15.8 Å². The Hall–Kier alpha value is -2.15. The van der Waals surface area contributed by atoms with Crippen LogP contribution in [0, 0.1) is 16.0 Å². The predicted molar refractivity (Wildman–Crippen MR) is 77.3 cm³/mol. The number of nitrogens with zero attached hydrogens (tertiary/aromatic N) is 1. The van der Waals surface area contributed by atoms with E-state index in [1.165, 1.54) is 25.3 Å². The van der Waals surface area contributed by atoms with Gasteiger partial charge in [-0.15, -0.1) is 0 Å². The van der Waals surface area contributed by atoms with Crippen LogP contribution in [0.5, 0.6) is 5.75 Å². The topological polar surface area (TPSA) is 107 Å². The van der Waals surface area contributed by atoms with Crippen molar-refractivity contribution in [2.45, 2.75) is 25.3 Å². The Morgan fingerprint density at radius 2 is 2.24 bits per heavy atom. The zero-order valence-corrected chi connectivity index (χ0v) is 12.1. The highest BCUT2D eigenvalue weighted by molar-refractivity contribution is 5.98. The summed E-state index contributed by atoms with van der Waals surface area (Å²) in [4.78, 5) is 22.9. The lowest BCUT2D eigenvalue weighted by Crippen LogP contribution is -2.53. The van der Waals surface area contributed by atoms with Crippen LogP contribution in [0.25, 0.3) is 0 Å². The molecule has 3 N–H and O–H groups in total. The molecule has 21 heavy (non-hydrogen) atoms. The van der Waals surface area contributed by atoms with Crippen molar-refractivity contribution in [2.75, 3.05) is 13.7 Å². The normalized spacial score (nSPS) is 16.9. The molecule has 1 amide bonds. The van der Waals surface area contributed by atoms with Gasteiger partial charge in [-0.2, -0.15) is 0 Å². The van der Waals surface area contributed by atoms with Crippen molar-refractivity contribution in [3.8, 4) is 5.75 Å². The molecule has 0 saturated heterocycles. The number of carbonyl (C=O) groups is 1. The molecule has 0 radical (unpaired) electrons. The molecule has 0 heterocycles. The van der Waals surface area contributed by atoms with Crippen LogP contribution in [-0.2, 0) is 0 Å². The maximum atomic E-state index is 12.4. The zero-order chi connectivity index (χ0) is 15.6. The molecular formula is C14H19N3O4. The van der Waals surface area contributed by atoms with Gasteiger partial charge in [0.25, 0.3) is 5.91 Å². The molecule has 1 fully saturated rings. The largest absolute Gasteiger partial charge is 0.490 e. The molecule has 1 aromatic rings. The van der Waals surface area contributed by atoms with Crippen molar-refractivity contribution in [1.29, 1.82) is 0 Å². The van der Waals surface area contributed by atoms with E-state index in [1.807, 2.05) is 6.92 Å². The Morgan fingerprint density at radius 3 is 2.71 bits per heavy atom. The van der Waals surface area contributed by atoms with E-state index < -0.39 is 16.4 Å². The third-order valence-electron chi connectivity index (χ3n) is 3.94. The summed E-state index contributed by atoms with van der Waals surface area (Å²) in [6.07, 6.45) is 2.06. The number of nitro groups is 1. The number of ether oxygens (including phenoxy) is 1. The van der Waals surface area contributed by atoms with Crippen molar-refractivity contribution < 1.29 is 14.5 Å². The SMILES string of the molecule is COc1c(C(=O)NC(C)(CN)C2CC2)cccc1[N+](=O)[O-]. The molecule has 1 saturated carbocycles. The van der Waals surface area contributed by atoms with Crippen molar-refractivity contribution in [3.05, 3.63) is 33.9 Å². The molecule has 0 spiro atoms. The fourth-order valence-electron chi connectivity index (χ4n) is 2.43. The van der Waals surface area contributed by atoms with Gasteiger partial charge in [0, 0.05) is 12.6 Å². The molecule has 0 bridgehead atoms. The van der Waals surface area contributed by atoms with Crippen molar-refractivity contribution in [2.24, 2.45) is 11.7 Å². The Balaban J connectivity index is 2.31. The summed E-state index contributed by atoms with van der Waals surface area (Å²) in [5, 5.41) is 13.9. The first-order valence-corrected chi connectivity index (χ1v) is 6.77. The summed E-state index contributed by atoms with van der Waals surface area (Å²) in [6.45, 7) is 2.22. The van der Waals surface area contributed by atoms with E-state index in [0.29, 0.717) is 12.5 Å². The highest BCUT2D eigenvalue weighted by Crippen LogP contribution is 2.39. The van der Waals surface area contributed by atoms with Crippen LogP contribution in [0.2, 0.25) is 0 Å². The molecule has 0 aliphatic heterocycles. The van der Waals surface area contributed by atoms with Crippen molar-refractivity contribution >= 4 is 11.6 Å². The summed E-state index contributed by atoms with van der Waals surface area (Å²) in [5.74, 6) is -0.0817. The monoisotopic (exact) mass is 293 g/mol. The van der Waals surface area contributed by atoms with E-state index in [1.54, 1.807) is 0 Å². The third kappa shape index (κ3) is 2.97. The van der Waals surface area contributed by atoms with E-state index in [0.717, 1.165) is 12.8 Å². The van der Waals surface area contributed by atoms with Crippen LogP contribution in [0.15, 0.2) is 18.2 Å². The summed E-state index contributed by atoms with van der Waals surface area (Å²) in [6, 6.07) is 4.27. The second-order valence-corrected chi connectivity index (χ2v) is 5.47. The highest BCUT2D eigenvalue weighted by atomic mass is 16.6. The quantitative estimate of drug-likeness (QED) is 0.610. The Morgan fingerprint density at radius 1 is 1.57 bits per heavy atom. The molecule has 2 rings (SSSR count). The zero-order valence-electron chi connectivity index (χ0n) is 12.1. The fraction of sp³-hybridized carbons (Fsp3) is 0.500. The molecule has 114 valence electrons. The van der Waals surface area contributed by atoms with Gasteiger partial charge in [-0.25, -0.2) is 0 Å². The van der Waals surface area contributed by atoms with Crippen LogP contribution >= 0.6 is 0 Å². The Bertz CT molecular complexity index is 571. The molecule has 1 aliphatic rings. The van der Waals surface area contributed by atoms with Gasteiger partial charge in [0.15, 0.2) is 0 Å². The first-order valence-electron chi connectivity index (χ1n) is 6.77. The van der Waals surface area contributed by atoms with Gasteiger partial charge in [0.2, 0.25) is 5.75 Å². The number of methoxy groups -OCH3 is 1. The molecular weight excluding hydrogens is 274 g/mol. The molecule has 1 atom stereocenters. The van der Waals surface area contributed by atoms with E-state index >= 15 is 0 Å². The second-order valence-electron chi connectivity index (χ2n) is 5.47. The third-order valence-corrected chi connectivity index (χ3v) is 3.94. The standard InChI is InChI=1S/C14H19N3O4/c1-14(8-15,9-6-7-9)16-13(18)10-4-3-5-11(17(19)20)12(10)21-2/h3-5,9H,6-8,15H2,1-2H3,(H,16,18). The smallest absolute Gasteiger partial charge is 0.311 e. The number of amides is 1. The average molecular weight is 293 g/mol. The Labute approximate surface area is 122 Å². The van der Waals surface area contributed by atoms with Gasteiger partial charge >= 0.3 is 5.69 Å². The molecule has 1 aliphatic carbocycles. The number of carbonyl (C=O) groups excluding carboxylic acids is 1. The second kappa shape index (κ2) is 5.69. The van der Waals surface area contributed by atoms with Crippen molar-refractivity contribution in [1.82, 2.24) is 5.32 Å². The first kappa shape index (κ1) is 15.2. The average Bonchev–Trinajstić information content (AvgIpc) is 3.30.